The van der Waals surface area contributed by atoms with Gasteiger partial charge in [-0.1, -0.05) is 5.16 Å². The maximum absolute atomic E-state index is 13.2. The van der Waals surface area contributed by atoms with Crippen molar-refractivity contribution in [3.05, 3.63) is 35.5 Å². The molecule has 1 atom stereocenters. The quantitative estimate of drug-likeness (QED) is 0.874. The Labute approximate surface area is 118 Å². The van der Waals surface area contributed by atoms with Crippen LogP contribution in [0, 0.1) is 17.5 Å². The van der Waals surface area contributed by atoms with E-state index in [1.807, 2.05) is 0 Å². The van der Waals surface area contributed by atoms with Gasteiger partial charge in [0, 0.05) is 18.7 Å². The second-order valence-electron chi connectivity index (χ2n) is 4.67. The predicted octanol–water partition coefficient (Wildman–Crippen LogP) is 1.68. The van der Waals surface area contributed by atoms with E-state index in [-0.39, 0.29) is 17.5 Å². The summed E-state index contributed by atoms with van der Waals surface area (Å²) in [6.07, 6.45) is 0.306. The van der Waals surface area contributed by atoms with E-state index >= 15 is 0 Å². The third-order valence-corrected chi connectivity index (χ3v) is 3.12. The van der Waals surface area contributed by atoms with Gasteiger partial charge >= 0.3 is 0 Å². The average molecular weight is 299 g/mol. The highest BCUT2D eigenvalue weighted by Crippen LogP contribution is 2.21. The van der Waals surface area contributed by atoms with Gasteiger partial charge in [-0.3, -0.25) is 0 Å². The number of aromatic nitrogens is 2. The second-order valence-corrected chi connectivity index (χ2v) is 4.67. The molecule has 2 heterocycles. The number of benzene rings is 1. The Kier molecular flexibility index (Phi) is 3.89. The number of rotatable bonds is 3. The number of hydrogen-bond donors (Lipinski definition) is 1. The topological polar surface area (TPSA) is 60.2 Å². The summed E-state index contributed by atoms with van der Waals surface area (Å²) in [5.74, 6) is -3.81. The zero-order chi connectivity index (χ0) is 14.8. The highest BCUT2D eigenvalue weighted by Gasteiger charge is 2.19. The monoisotopic (exact) mass is 299 g/mol. The van der Waals surface area contributed by atoms with Crippen LogP contribution in [0.5, 0.6) is 0 Å². The van der Waals surface area contributed by atoms with Gasteiger partial charge < -0.3 is 14.6 Å². The van der Waals surface area contributed by atoms with Crippen molar-refractivity contribution >= 4 is 0 Å². The van der Waals surface area contributed by atoms with Gasteiger partial charge in [-0.25, -0.2) is 13.2 Å². The first-order valence-electron chi connectivity index (χ1n) is 6.43. The van der Waals surface area contributed by atoms with E-state index in [1.165, 1.54) is 0 Å². The molecule has 1 aliphatic rings. The van der Waals surface area contributed by atoms with Crippen LogP contribution in [0.4, 0.5) is 13.2 Å². The zero-order valence-corrected chi connectivity index (χ0v) is 10.9. The summed E-state index contributed by atoms with van der Waals surface area (Å²) in [6.45, 7) is 2.05. The zero-order valence-electron chi connectivity index (χ0n) is 10.9. The molecule has 8 heteroatoms. The van der Waals surface area contributed by atoms with Crippen molar-refractivity contribution in [2.45, 2.75) is 12.5 Å². The number of halogens is 3. The third-order valence-electron chi connectivity index (χ3n) is 3.12. The minimum absolute atomic E-state index is 0.00608. The van der Waals surface area contributed by atoms with Gasteiger partial charge in [-0.05, 0) is 12.1 Å². The van der Waals surface area contributed by atoms with E-state index in [0.717, 1.165) is 18.7 Å². The standard InChI is InChI=1S/C13H12F3N3O2/c14-9-3-7(4-10(15)12(9)16)13-18-11(21-19-13)5-8-6-17-1-2-20-8/h3-4,8,17H,1-2,5-6H2. The van der Waals surface area contributed by atoms with Crippen LogP contribution in [-0.4, -0.2) is 35.9 Å². The van der Waals surface area contributed by atoms with E-state index < -0.39 is 17.5 Å². The number of nitrogens with zero attached hydrogens (tertiary/aromatic N) is 2. The van der Waals surface area contributed by atoms with E-state index in [4.69, 9.17) is 9.26 Å². The summed E-state index contributed by atoms with van der Waals surface area (Å²) >= 11 is 0. The van der Waals surface area contributed by atoms with E-state index in [9.17, 15) is 13.2 Å². The summed E-state index contributed by atoms with van der Waals surface area (Å²) in [4.78, 5) is 4.05. The average Bonchev–Trinajstić information content (AvgIpc) is 2.94. The molecule has 112 valence electrons. The molecule has 1 N–H and O–H groups in total. The molecule has 1 saturated heterocycles. The fourth-order valence-corrected chi connectivity index (χ4v) is 2.09. The van der Waals surface area contributed by atoms with Crippen molar-refractivity contribution in [2.24, 2.45) is 0 Å². The Hall–Kier alpha value is -1.93. The van der Waals surface area contributed by atoms with Crippen LogP contribution < -0.4 is 5.32 Å². The molecule has 3 rings (SSSR count). The van der Waals surface area contributed by atoms with Gasteiger partial charge in [0.15, 0.2) is 17.5 Å². The molecule has 0 aliphatic carbocycles. The molecule has 1 aromatic heterocycles. The molecule has 1 unspecified atom stereocenters. The summed E-state index contributed by atoms with van der Waals surface area (Å²) in [5, 5.41) is 6.80. The Bertz CT molecular complexity index is 618. The molecule has 1 aromatic carbocycles. The summed E-state index contributed by atoms with van der Waals surface area (Å²) in [5.41, 5.74) is 0.0177. The van der Waals surface area contributed by atoms with Crippen molar-refractivity contribution in [3.8, 4) is 11.4 Å². The first-order chi connectivity index (χ1) is 10.1. The van der Waals surface area contributed by atoms with Crippen LogP contribution in [0.3, 0.4) is 0 Å². The Morgan fingerprint density at radius 1 is 1.24 bits per heavy atom. The highest BCUT2D eigenvalue weighted by atomic mass is 19.2. The van der Waals surface area contributed by atoms with Gasteiger partial charge in [-0.15, -0.1) is 0 Å². The number of hydrogen-bond acceptors (Lipinski definition) is 5. The van der Waals surface area contributed by atoms with Crippen molar-refractivity contribution in [1.82, 2.24) is 15.5 Å². The first kappa shape index (κ1) is 14.0. The van der Waals surface area contributed by atoms with Crippen molar-refractivity contribution < 1.29 is 22.4 Å². The van der Waals surface area contributed by atoms with Crippen LogP contribution in [0.1, 0.15) is 5.89 Å². The predicted molar refractivity (Wildman–Crippen MR) is 65.9 cm³/mol. The number of nitrogens with one attached hydrogen (secondary N) is 1. The minimum atomic E-state index is -1.52. The molecule has 0 spiro atoms. The van der Waals surface area contributed by atoms with Crippen LogP contribution in [-0.2, 0) is 11.2 Å². The summed E-state index contributed by atoms with van der Waals surface area (Å²) in [7, 11) is 0. The van der Waals surface area contributed by atoms with Gasteiger partial charge in [0.1, 0.15) is 0 Å². The summed E-state index contributed by atoms with van der Waals surface area (Å²) < 4.78 is 49.8. The van der Waals surface area contributed by atoms with Gasteiger partial charge in [0.25, 0.3) is 0 Å². The smallest absolute Gasteiger partial charge is 0.229 e. The molecular weight excluding hydrogens is 287 g/mol. The molecule has 0 bridgehead atoms. The lowest BCUT2D eigenvalue weighted by Gasteiger charge is -2.21. The normalized spacial score (nSPS) is 18.9. The lowest BCUT2D eigenvalue weighted by atomic mass is 10.2. The molecule has 1 fully saturated rings. The van der Waals surface area contributed by atoms with Crippen LogP contribution in [0.2, 0.25) is 0 Å². The second kappa shape index (κ2) is 5.82. The maximum atomic E-state index is 13.2. The summed E-state index contributed by atoms with van der Waals surface area (Å²) in [6, 6.07) is 1.65. The van der Waals surface area contributed by atoms with Gasteiger partial charge in [0.2, 0.25) is 11.7 Å². The van der Waals surface area contributed by atoms with Gasteiger partial charge in [0.05, 0.1) is 19.1 Å². The SMILES string of the molecule is Fc1cc(-c2noc(CC3CNCCO3)n2)cc(F)c1F. The fourth-order valence-electron chi connectivity index (χ4n) is 2.09. The molecule has 21 heavy (non-hydrogen) atoms. The molecule has 0 radical (unpaired) electrons. The van der Waals surface area contributed by atoms with Gasteiger partial charge in [-0.2, -0.15) is 4.98 Å². The van der Waals surface area contributed by atoms with Crippen LogP contribution >= 0.6 is 0 Å². The fraction of sp³-hybridized carbons (Fsp3) is 0.385. The Balaban J connectivity index is 1.78. The Morgan fingerprint density at radius 3 is 2.67 bits per heavy atom. The minimum Gasteiger partial charge on any atom is -0.375 e. The molecule has 0 amide bonds. The first-order valence-corrected chi connectivity index (χ1v) is 6.43. The van der Waals surface area contributed by atoms with E-state index in [0.29, 0.717) is 25.5 Å². The van der Waals surface area contributed by atoms with Crippen molar-refractivity contribution in [2.75, 3.05) is 19.7 Å². The maximum Gasteiger partial charge on any atom is 0.229 e. The van der Waals surface area contributed by atoms with Crippen molar-refractivity contribution in [1.29, 1.82) is 0 Å². The molecule has 1 aliphatic heterocycles. The lowest BCUT2D eigenvalue weighted by Crippen LogP contribution is -2.39. The number of morpholine rings is 1. The van der Waals surface area contributed by atoms with Crippen LogP contribution in [0.25, 0.3) is 11.4 Å². The third kappa shape index (κ3) is 3.06. The van der Waals surface area contributed by atoms with E-state index in [1.54, 1.807) is 0 Å². The molecule has 5 nitrogen and oxygen atoms in total. The highest BCUT2D eigenvalue weighted by molar-refractivity contribution is 5.54. The molecule has 0 saturated carbocycles. The van der Waals surface area contributed by atoms with E-state index in [2.05, 4.69) is 15.5 Å². The molecular formula is C13H12F3N3O2. The van der Waals surface area contributed by atoms with Crippen molar-refractivity contribution in [3.63, 3.8) is 0 Å². The van der Waals surface area contributed by atoms with Crippen LogP contribution in [0.15, 0.2) is 16.7 Å². The molecule has 2 aromatic rings. The lowest BCUT2D eigenvalue weighted by molar-refractivity contribution is 0.0246. The number of ether oxygens (including phenoxy) is 1. The Morgan fingerprint density at radius 2 is 2.00 bits per heavy atom. The largest absolute Gasteiger partial charge is 0.375 e.